The first-order valence-electron chi connectivity index (χ1n) is 11.1. The highest BCUT2D eigenvalue weighted by molar-refractivity contribution is 5.86. The molecule has 2 fully saturated rings. The first-order valence-corrected chi connectivity index (χ1v) is 11.1. The Morgan fingerprint density at radius 2 is 1.87 bits per heavy atom. The summed E-state index contributed by atoms with van der Waals surface area (Å²) < 4.78 is 45.3. The minimum Gasteiger partial charge on any atom is -0.379 e. The second kappa shape index (κ2) is 7.84. The van der Waals surface area contributed by atoms with E-state index < -0.39 is 11.7 Å². The van der Waals surface area contributed by atoms with E-state index >= 15 is 0 Å². The molecule has 0 radical (unpaired) electrons. The maximum Gasteiger partial charge on any atom is 0.416 e. The van der Waals surface area contributed by atoms with E-state index in [1.165, 1.54) is 18.6 Å². The third-order valence-corrected chi connectivity index (χ3v) is 7.54. The molecular weight excluding hydrogens is 391 g/mol. The van der Waals surface area contributed by atoms with Crippen molar-refractivity contribution in [3.05, 3.63) is 35.0 Å². The van der Waals surface area contributed by atoms with Crippen LogP contribution < -0.4 is 0 Å². The van der Waals surface area contributed by atoms with Gasteiger partial charge in [0.05, 0.1) is 18.8 Å². The van der Waals surface area contributed by atoms with Gasteiger partial charge in [0, 0.05) is 49.3 Å². The van der Waals surface area contributed by atoms with Crippen LogP contribution in [0.2, 0.25) is 0 Å². The van der Waals surface area contributed by atoms with Gasteiger partial charge in [0.15, 0.2) is 0 Å². The van der Waals surface area contributed by atoms with E-state index in [0.717, 1.165) is 81.1 Å². The van der Waals surface area contributed by atoms with Gasteiger partial charge >= 0.3 is 6.18 Å². The molecule has 7 heteroatoms. The zero-order valence-corrected chi connectivity index (χ0v) is 17.5. The van der Waals surface area contributed by atoms with Crippen LogP contribution in [0, 0.1) is 11.8 Å². The quantitative estimate of drug-likeness (QED) is 0.809. The van der Waals surface area contributed by atoms with Crippen molar-refractivity contribution >= 4 is 10.9 Å². The number of benzene rings is 1. The summed E-state index contributed by atoms with van der Waals surface area (Å²) in [4.78, 5) is 8.47. The minimum atomic E-state index is -4.31. The zero-order chi connectivity index (χ0) is 20.9. The average molecular weight is 422 g/mol. The second-order valence-corrected chi connectivity index (χ2v) is 9.24. The average Bonchev–Trinajstić information content (AvgIpc) is 3.10. The molecule has 30 heavy (non-hydrogen) atoms. The lowest BCUT2D eigenvalue weighted by Crippen LogP contribution is -2.48. The SMILES string of the molecule is CC1c2c([nH]c3ccc(C(F)(F)F)cc23)C[C@@H]2CCN(CCN3CCOCC3)CC12. The number of likely N-dealkylation sites (tertiary alicyclic amines) is 1. The standard InChI is InChI=1S/C23H30F3N3O/c1-15-19-14-29(7-6-28-8-10-30-11-9-28)5-4-16(19)12-21-22(15)18-13-17(23(24,25)26)2-3-20(18)27-21/h2-3,13,15-16,19,27H,4-12,14H2,1H3/t15?,16-,19?/m0/s1. The third-order valence-electron chi connectivity index (χ3n) is 7.54. The van der Waals surface area contributed by atoms with Crippen LogP contribution in [0.5, 0.6) is 0 Å². The molecule has 2 saturated heterocycles. The second-order valence-electron chi connectivity index (χ2n) is 9.24. The Hall–Kier alpha value is -1.57. The van der Waals surface area contributed by atoms with Crippen molar-refractivity contribution in [2.24, 2.45) is 11.8 Å². The summed E-state index contributed by atoms with van der Waals surface area (Å²) in [6, 6.07) is 4.14. The Morgan fingerprint density at radius 3 is 2.63 bits per heavy atom. The predicted molar refractivity (Wildman–Crippen MR) is 111 cm³/mol. The number of aromatic nitrogens is 1. The highest BCUT2D eigenvalue weighted by Crippen LogP contribution is 2.46. The number of morpholine rings is 1. The number of hydrogen-bond donors (Lipinski definition) is 1. The van der Waals surface area contributed by atoms with Crippen LogP contribution in [0.25, 0.3) is 10.9 Å². The fourth-order valence-electron chi connectivity index (χ4n) is 5.83. The van der Waals surface area contributed by atoms with Crippen LogP contribution in [0.4, 0.5) is 13.2 Å². The summed E-state index contributed by atoms with van der Waals surface area (Å²) in [7, 11) is 0. The molecule has 2 aromatic rings. The fraction of sp³-hybridized carbons (Fsp3) is 0.652. The fourth-order valence-corrected chi connectivity index (χ4v) is 5.83. The third kappa shape index (κ3) is 3.76. The van der Waals surface area contributed by atoms with E-state index in [1.54, 1.807) is 6.07 Å². The Bertz CT molecular complexity index is 903. The number of nitrogens with one attached hydrogen (secondary N) is 1. The van der Waals surface area contributed by atoms with Gasteiger partial charge in [-0.3, -0.25) is 4.90 Å². The molecule has 0 spiro atoms. The van der Waals surface area contributed by atoms with Gasteiger partial charge in [-0.15, -0.1) is 0 Å². The number of aromatic amines is 1. The van der Waals surface area contributed by atoms with Crippen molar-refractivity contribution in [3.63, 3.8) is 0 Å². The highest BCUT2D eigenvalue weighted by atomic mass is 19.4. The van der Waals surface area contributed by atoms with Gasteiger partial charge in [0.25, 0.3) is 0 Å². The van der Waals surface area contributed by atoms with Gasteiger partial charge in [-0.2, -0.15) is 13.2 Å². The maximum atomic E-state index is 13.3. The van der Waals surface area contributed by atoms with E-state index in [1.807, 2.05) is 0 Å². The Morgan fingerprint density at radius 1 is 1.10 bits per heavy atom. The van der Waals surface area contributed by atoms with Crippen molar-refractivity contribution in [2.45, 2.75) is 31.9 Å². The van der Waals surface area contributed by atoms with Crippen LogP contribution >= 0.6 is 0 Å². The van der Waals surface area contributed by atoms with Crippen LogP contribution in [0.15, 0.2) is 18.2 Å². The Kier molecular flexibility index (Phi) is 5.32. The van der Waals surface area contributed by atoms with Gasteiger partial charge < -0.3 is 14.6 Å². The first kappa shape index (κ1) is 20.3. The summed E-state index contributed by atoms with van der Waals surface area (Å²) >= 11 is 0. The van der Waals surface area contributed by atoms with E-state index in [0.29, 0.717) is 11.8 Å². The van der Waals surface area contributed by atoms with Gasteiger partial charge in [-0.25, -0.2) is 0 Å². The van der Waals surface area contributed by atoms with Crippen molar-refractivity contribution in [3.8, 4) is 0 Å². The molecule has 0 bridgehead atoms. The molecule has 5 rings (SSSR count). The summed E-state index contributed by atoms with van der Waals surface area (Å²) in [6.45, 7) is 10.2. The largest absolute Gasteiger partial charge is 0.416 e. The summed E-state index contributed by atoms with van der Waals surface area (Å²) in [5, 5.41) is 0.760. The molecule has 3 atom stereocenters. The molecule has 2 aliphatic heterocycles. The number of ether oxygens (including phenoxy) is 1. The van der Waals surface area contributed by atoms with Gasteiger partial charge in [-0.1, -0.05) is 6.92 Å². The molecule has 0 amide bonds. The van der Waals surface area contributed by atoms with Crippen LogP contribution in [0.1, 0.15) is 36.1 Å². The molecule has 1 aromatic carbocycles. The molecule has 0 saturated carbocycles. The summed E-state index contributed by atoms with van der Waals surface area (Å²) in [5.74, 6) is 1.38. The van der Waals surface area contributed by atoms with Crippen molar-refractivity contribution in [1.82, 2.24) is 14.8 Å². The van der Waals surface area contributed by atoms with E-state index in [4.69, 9.17) is 4.74 Å². The normalized spacial score (nSPS) is 28.5. The van der Waals surface area contributed by atoms with Crippen molar-refractivity contribution in [2.75, 3.05) is 52.5 Å². The summed E-state index contributed by atoms with van der Waals surface area (Å²) in [6.07, 6.45) is -2.18. The molecule has 3 heterocycles. The molecule has 2 unspecified atom stereocenters. The zero-order valence-electron chi connectivity index (χ0n) is 17.5. The van der Waals surface area contributed by atoms with E-state index in [2.05, 4.69) is 21.7 Å². The lowest BCUT2D eigenvalue weighted by Gasteiger charge is -2.45. The van der Waals surface area contributed by atoms with Crippen molar-refractivity contribution < 1.29 is 17.9 Å². The molecule has 1 aromatic heterocycles. The molecular formula is C23H30F3N3O. The Labute approximate surface area is 175 Å². The molecule has 1 aliphatic carbocycles. The molecule has 164 valence electrons. The monoisotopic (exact) mass is 421 g/mol. The van der Waals surface area contributed by atoms with Gasteiger partial charge in [-0.05, 0) is 60.9 Å². The highest BCUT2D eigenvalue weighted by Gasteiger charge is 2.40. The van der Waals surface area contributed by atoms with E-state index in [-0.39, 0.29) is 5.92 Å². The number of alkyl halides is 3. The topological polar surface area (TPSA) is 31.5 Å². The first-order chi connectivity index (χ1) is 14.4. The van der Waals surface area contributed by atoms with Crippen LogP contribution in [-0.2, 0) is 17.3 Å². The number of rotatable bonds is 3. The molecule has 1 N–H and O–H groups in total. The van der Waals surface area contributed by atoms with Crippen molar-refractivity contribution in [1.29, 1.82) is 0 Å². The number of nitrogens with zero attached hydrogens (tertiary/aromatic N) is 2. The number of piperidine rings is 1. The lowest BCUT2D eigenvalue weighted by atomic mass is 9.68. The van der Waals surface area contributed by atoms with E-state index in [9.17, 15) is 13.2 Å². The smallest absolute Gasteiger partial charge is 0.379 e. The molecule has 3 aliphatic rings. The van der Waals surface area contributed by atoms with Crippen LogP contribution in [-0.4, -0.2) is 67.3 Å². The van der Waals surface area contributed by atoms with Gasteiger partial charge in [0.2, 0.25) is 0 Å². The maximum absolute atomic E-state index is 13.3. The van der Waals surface area contributed by atoms with Crippen LogP contribution in [0.3, 0.4) is 0 Å². The van der Waals surface area contributed by atoms with Gasteiger partial charge in [0.1, 0.15) is 0 Å². The Balaban J connectivity index is 1.35. The lowest BCUT2D eigenvalue weighted by molar-refractivity contribution is -0.137. The summed E-state index contributed by atoms with van der Waals surface area (Å²) in [5.41, 5.74) is 2.55. The predicted octanol–water partition coefficient (Wildman–Crippen LogP) is 4.12. The minimum absolute atomic E-state index is 0.266. The molecule has 4 nitrogen and oxygen atoms in total. The number of H-pyrrole nitrogens is 1. The number of fused-ring (bicyclic) bond motifs is 4. The number of halogens is 3. The number of hydrogen-bond acceptors (Lipinski definition) is 3.